The number of hydrogen-bond acceptors (Lipinski definition) is 4. The number of carboxylic acid groups (broad SMARTS) is 1. The molecule has 9 heteroatoms. The number of nitrogens with two attached hydrogens (primary N) is 1. The van der Waals surface area contributed by atoms with E-state index in [-0.39, 0.29) is 12.8 Å². The lowest BCUT2D eigenvalue weighted by Gasteiger charge is -2.14. The average molecular weight is 318 g/mol. The molecule has 0 spiro atoms. The van der Waals surface area contributed by atoms with Crippen molar-refractivity contribution < 1.29 is 27.5 Å². The topological polar surface area (TPSA) is 127 Å². The van der Waals surface area contributed by atoms with Crippen molar-refractivity contribution in [3.63, 3.8) is 0 Å². The molecule has 0 radical (unpaired) electrons. The molecule has 0 saturated heterocycles. The quantitative estimate of drug-likeness (QED) is 0.658. The summed E-state index contributed by atoms with van der Waals surface area (Å²) in [7, 11) is -4.36. The molecule has 1 unspecified atom stereocenters. The number of rotatable bonds is 7. The zero-order chi connectivity index (χ0) is 16.2. The number of primary amides is 1. The van der Waals surface area contributed by atoms with E-state index < -0.39 is 38.7 Å². The Labute approximate surface area is 121 Å². The van der Waals surface area contributed by atoms with Gasteiger partial charge in [0.25, 0.3) is 0 Å². The molecule has 1 amide bonds. The van der Waals surface area contributed by atoms with Crippen molar-refractivity contribution >= 4 is 21.9 Å². The highest BCUT2D eigenvalue weighted by molar-refractivity contribution is 7.89. The van der Waals surface area contributed by atoms with E-state index in [0.29, 0.717) is 5.56 Å². The molecule has 1 atom stereocenters. The highest BCUT2D eigenvalue weighted by Gasteiger charge is 2.27. The Hall–Kier alpha value is -2.00. The van der Waals surface area contributed by atoms with Gasteiger partial charge in [0, 0.05) is 6.42 Å². The third-order valence-electron chi connectivity index (χ3n) is 2.65. The molecule has 0 aromatic heterocycles. The van der Waals surface area contributed by atoms with Crippen molar-refractivity contribution in [2.45, 2.75) is 30.7 Å². The third kappa shape index (κ3) is 4.80. The van der Waals surface area contributed by atoms with Gasteiger partial charge < -0.3 is 10.8 Å². The molecule has 0 aliphatic heterocycles. The summed E-state index contributed by atoms with van der Waals surface area (Å²) in [6.07, 6.45) is -0.632. The van der Waals surface area contributed by atoms with Gasteiger partial charge in [-0.05, 0) is 31.0 Å². The van der Waals surface area contributed by atoms with Gasteiger partial charge in [-0.2, -0.15) is 4.72 Å². The van der Waals surface area contributed by atoms with E-state index in [0.717, 1.165) is 12.1 Å². The summed E-state index contributed by atoms with van der Waals surface area (Å²) in [6.45, 7) is 1.57. The molecule has 0 aliphatic rings. The lowest BCUT2D eigenvalue weighted by Crippen LogP contribution is -2.41. The summed E-state index contributed by atoms with van der Waals surface area (Å²) in [5.74, 6) is -3.23. The first kappa shape index (κ1) is 17.1. The Kier molecular flexibility index (Phi) is 5.39. The minimum absolute atomic E-state index is 0.310. The number of nitrogens with one attached hydrogen (secondary N) is 1. The fourth-order valence-corrected chi connectivity index (χ4v) is 2.97. The number of aryl methyl sites for hydroxylation is 1. The van der Waals surface area contributed by atoms with Crippen molar-refractivity contribution in [2.75, 3.05) is 0 Å². The molecule has 4 N–H and O–H groups in total. The van der Waals surface area contributed by atoms with Crippen LogP contribution in [0.1, 0.15) is 18.4 Å². The van der Waals surface area contributed by atoms with E-state index in [4.69, 9.17) is 10.8 Å². The molecule has 0 fully saturated rings. The van der Waals surface area contributed by atoms with Gasteiger partial charge >= 0.3 is 5.97 Å². The van der Waals surface area contributed by atoms with Crippen LogP contribution >= 0.6 is 0 Å². The van der Waals surface area contributed by atoms with Gasteiger partial charge in [0.15, 0.2) is 0 Å². The highest BCUT2D eigenvalue weighted by atomic mass is 32.2. The van der Waals surface area contributed by atoms with Crippen LogP contribution in [0.3, 0.4) is 0 Å². The minimum Gasteiger partial charge on any atom is -0.480 e. The summed E-state index contributed by atoms with van der Waals surface area (Å²) < 4.78 is 39.5. The maximum atomic E-state index is 13.6. The summed E-state index contributed by atoms with van der Waals surface area (Å²) in [5, 5.41) is 8.95. The van der Waals surface area contributed by atoms with E-state index in [2.05, 4.69) is 0 Å². The van der Waals surface area contributed by atoms with E-state index in [1.54, 1.807) is 6.92 Å². The molecule has 21 heavy (non-hydrogen) atoms. The fourth-order valence-electron chi connectivity index (χ4n) is 1.59. The number of amides is 1. The molecular weight excluding hydrogens is 303 g/mol. The second-order valence-corrected chi connectivity index (χ2v) is 6.13. The van der Waals surface area contributed by atoms with Crippen LogP contribution < -0.4 is 10.5 Å². The van der Waals surface area contributed by atoms with Gasteiger partial charge in [0.05, 0.1) is 0 Å². The van der Waals surface area contributed by atoms with Gasteiger partial charge in [0.1, 0.15) is 16.8 Å². The maximum absolute atomic E-state index is 13.6. The Bertz CT molecular complexity index is 660. The zero-order valence-corrected chi connectivity index (χ0v) is 12.0. The van der Waals surface area contributed by atoms with Crippen molar-refractivity contribution in [1.82, 2.24) is 4.72 Å². The standard InChI is InChI=1S/C12H15FN2O5S/c1-7-2-3-8(13)10(6-7)21(19,20)15-9(12(17)18)4-5-11(14)16/h2-3,6,9,15H,4-5H2,1H3,(H2,14,16)(H,17,18). The molecule has 0 bridgehead atoms. The van der Waals surface area contributed by atoms with Crippen LogP contribution in [0.25, 0.3) is 0 Å². The number of hydrogen-bond donors (Lipinski definition) is 3. The molecule has 0 saturated carbocycles. The molecule has 1 aromatic carbocycles. The van der Waals surface area contributed by atoms with Crippen LogP contribution in [0.4, 0.5) is 4.39 Å². The van der Waals surface area contributed by atoms with Crippen molar-refractivity contribution in [1.29, 1.82) is 0 Å². The molecule has 1 aromatic rings. The second-order valence-electron chi connectivity index (χ2n) is 4.45. The number of carbonyl (C=O) groups is 2. The first-order valence-corrected chi connectivity index (χ1v) is 7.41. The molecule has 0 aliphatic carbocycles. The molecule has 116 valence electrons. The van der Waals surface area contributed by atoms with Crippen molar-refractivity contribution in [2.24, 2.45) is 5.73 Å². The van der Waals surface area contributed by atoms with Gasteiger partial charge in [-0.3, -0.25) is 9.59 Å². The largest absolute Gasteiger partial charge is 0.480 e. The lowest BCUT2D eigenvalue weighted by molar-refractivity contribution is -0.139. The van der Waals surface area contributed by atoms with E-state index in [1.807, 2.05) is 4.72 Å². The van der Waals surface area contributed by atoms with Crippen LogP contribution in [-0.2, 0) is 19.6 Å². The number of halogens is 1. The van der Waals surface area contributed by atoms with Gasteiger partial charge in [-0.1, -0.05) is 6.07 Å². The normalized spacial score (nSPS) is 12.9. The number of carbonyl (C=O) groups excluding carboxylic acids is 1. The van der Waals surface area contributed by atoms with Gasteiger partial charge in [-0.15, -0.1) is 0 Å². The van der Waals surface area contributed by atoms with E-state index in [1.165, 1.54) is 6.07 Å². The lowest BCUT2D eigenvalue weighted by atomic mass is 10.2. The zero-order valence-electron chi connectivity index (χ0n) is 11.2. The monoisotopic (exact) mass is 318 g/mol. The van der Waals surface area contributed by atoms with Crippen LogP contribution in [-0.4, -0.2) is 31.4 Å². The Morgan fingerprint density at radius 1 is 1.43 bits per heavy atom. The molecule has 0 heterocycles. The van der Waals surface area contributed by atoms with Crippen LogP contribution in [0.2, 0.25) is 0 Å². The van der Waals surface area contributed by atoms with Gasteiger partial charge in [-0.25, -0.2) is 12.8 Å². The third-order valence-corrected chi connectivity index (χ3v) is 4.14. The van der Waals surface area contributed by atoms with Crippen LogP contribution in [0.5, 0.6) is 0 Å². The predicted octanol–water partition coefficient (Wildman–Crippen LogP) is 0.131. The second kappa shape index (κ2) is 6.64. The average Bonchev–Trinajstić information content (AvgIpc) is 2.36. The summed E-state index contributed by atoms with van der Waals surface area (Å²) in [6, 6.07) is 1.88. The SMILES string of the molecule is Cc1ccc(F)c(S(=O)(=O)NC(CCC(N)=O)C(=O)O)c1. The van der Waals surface area contributed by atoms with Crippen LogP contribution in [0.15, 0.2) is 23.1 Å². The number of aliphatic carboxylic acids is 1. The Balaban J connectivity index is 3.03. The number of carboxylic acids is 1. The first-order chi connectivity index (χ1) is 9.63. The maximum Gasteiger partial charge on any atom is 0.321 e. The smallest absolute Gasteiger partial charge is 0.321 e. The van der Waals surface area contributed by atoms with Gasteiger partial charge in [0.2, 0.25) is 15.9 Å². The number of sulfonamides is 1. The molecule has 7 nitrogen and oxygen atoms in total. The van der Waals surface area contributed by atoms with Crippen molar-refractivity contribution in [3.8, 4) is 0 Å². The van der Waals surface area contributed by atoms with Crippen LogP contribution in [0, 0.1) is 12.7 Å². The highest BCUT2D eigenvalue weighted by Crippen LogP contribution is 2.17. The number of benzene rings is 1. The molecule has 1 rings (SSSR count). The van der Waals surface area contributed by atoms with E-state index >= 15 is 0 Å². The predicted molar refractivity (Wildman–Crippen MR) is 71.3 cm³/mol. The summed E-state index contributed by atoms with van der Waals surface area (Å²) in [5.41, 5.74) is 5.39. The Morgan fingerprint density at radius 3 is 2.57 bits per heavy atom. The first-order valence-electron chi connectivity index (χ1n) is 5.93. The summed E-state index contributed by atoms with van der Waals surface area (Å²) in [4.78, 5) is 21.0. The van der Waals surface area contributed by atoms with Crippen molar-refractivity contribution in [3.05, 3.63) is 29.6 Å². The summed E-state index contributed by atoms with van der Waals surface area (Å²) >= 11 is 0. The fraction of sp³-hybridized carbons (Fsp3) is 0.333. The van der Waals surface area contributed by atoms with E-state index in [9.17, 15) is 22.4 Å². The minimum atomic E-state index is -4.36. The Morgan fingerprint density at radius 2 is 2.05 bits per heavy atom. The molecular formula is C12H15FN2O5S.